The molecular formula is C33H31BrF4N2O3. The lowest BCUT2D eigenvalue weighted by atomic mass is 9.71. The molecule has 1 unspecified atom stereocenters. The van der Waals surface area contributed by atoms with Gasteiger partial charge in [-0.05, 0) is 67.0 Å². The highest BCUT2D eigenvalue weighted by Gasteiger charge is 2.38. The van der Waals surface area contributed by atoms with Gasteiger partial charge in [-0.15, -0.1) is 0 Å². The summed E-state index contributed by atoms with van der Waals surface area (Å²) in [6.07, 6.45) is -5.27. The molecule has 4 rings (SSSR count). The maximum Gasteiger partial charge on any atom is 0.416 e. The fourth-order valence-electron chi connectivity index (χ4n) is 5.48. The van der Waals surface area contributed by atoms with E-state index in [1.54, 1.807) is 32.9 Å². The molecule has 0 bridgehead atoms. The number of alkyl halides is 3. The predicted octanol–water partition coefficient (Wildman–Crippen LogP) is 8.61. The normalized spacial score (nSPS) is 12.7. The lowest BCUT2D eigenvalue weighted by Crippen LogP contribution is -2.38. The van der Waals surface area contributed by atoms with Crippen LogP contribution in [0.25, 0.3) is 22.2 Å². The average Bonchev–Trinajstić information content (AvgIpc) is 2.93. The van der Waals surface area contributed by atoms with Crippen LogP contribution in [0, 0.1) is 24.1 Å². The van der Waals surface area contributed by atoms with Crippen molar-refractivity contribution in [3.05, 3.63) is 99.3 Å². The van der Waals surface area contributed by atoms with Crippen LogP contribution in [-0.2, 0) is 17.4 Å². The molecule has 4 aromatic rings. The van der Waals surface area contributed by atoms with Crippen molar-refractivity contribution in [3.8, 4) is 11.3 Å². The molecule has 0 saturated heterocycles. The number of carbonyl (C=O) groups excluding carboxylic acids is 1. The highest BCUT2D eigenvalue weighted by atomic mass is 79.9. The lowest BCUT2D eigenvalue weighted by Gasteiger charge is -2.35. The third kappa shape index (κ3) is 7.41. The van der Waals surface area contributed by atoms with Crippen LogP contribution in [0.15, 0.2) is 71.2 Å². The van der Waals surface area contributed by atoms with E-state index >= 15 is 0 Å². The maximum absolute atomic E-state index is 14.8. The fourth-order valence-corrected chi connectivity index (χ4v) is 5.84. The van der Waals surface area contributed by atoms with Gasteiger partial charge < -0.3 is 10.4 Å². The molecule has 1 amide bonds. The molecule has 0 aliphatic rings. The number of hydrogen-bond donors (Lipinski definition) is 2. The highest BCUT2D eigenvalue weighted by Crippen LogP contribution is 2.40. The van der Waals surface area contributed by atoms with Crippen molar-refractivity contribution in [2.24, 2.45) is 11.3 Å². The van der Waals surface area contributed by atoms with Gasteiger partial charge in [-0.1, -0.05) is 66.2 Å². The maximum atomic E-state index is 14.8. The smallest absolute Gasteiger partial charge is 0.416 e. The summed E-state index contributed by atoms with van der Waals surface area (Å²) in [6, 6.07) is 17.7. The van der Waals surface area contributed by atoms with E-state index in [1.165, 1.54) is 0 Å². The topological polar surface area (TPSA) is 79.3 Å². The van der Waals surface area contributed by atoms with Crippen molar-refractivity contribution >= 4 is 38.7 Å². The SMILES string of the molecule is Cc1c(-c2ccccc2)nc2ccc(Br)cc2c1C(=O)NCC(CCC(=O)O)C(C)(C)Cc1c(F)cccc1C(F)(F)F. The highest BCUT2D eigenvalue weighted by molar-refractivity contribution is 9.10. The molecule has 0 spiro atoms. The molecule has 1 heterocycles. The molecule has 0 radical (unpaired) electrons. The zero-order valence-corrected chi connectivity index (χ0v) is 25.4. The fraction of sp³-hybridized carbons (Fsp3) is 0.303. The quantitative estimate of drug-likeness (QED) is 0.167. The first-order valence-corrected chi connectivity index (χ1v) is 14.5. The Morgan fingerprint density at radius 1 is 1.02 bits per heavy atom. The predicted molar refractivity (Wildman–Crippen MR) is 161 cm³/mol. The number of carbonyl (C=O) groups is 2. The number of hydrogen-bond acceptors (Lipinski definition) is 3. The Labute approximate surface area is 255 Å². The van der Waals surface area contributed by atoms with E-state index in [0.29, 0.717) is 27.7 Å². The van der Waals surface area contributed by atoms with Gasteiger partial charge in [0.1, 0.15) is 5.82 Å². The van der Waals surface area contributed by atoms with Crippen LogP contribution >= 0.6 is 15.9 Å². The van der Waals surface area contributed by atoms with Crippen LogP contribution in [0.5, 0.6) is 0 Å². The first-order chi connectivity index (χ1) is 20.2. The molecule has 5 nitrogen and oxygen atoms in total. The van der Waals surface area contributed by atoms with Crippen molar-refractivity contribution in [2.75, 3.05) is 6.54 Å². The average molecular weight is 660 g/mol. The van der Waals surface area contributed by atoms with Crippen LogP contribution in [0.2, 0.25) is 0 Å². The van der Waals surface area contributed by atoms with E-state index in [9.17, 15) is 32.3 Å². The molecule has 0 saturated carbocycles. The molecule has 226 valence electrons. The minimum Gasteiger partial charge on any atom is -0.481 e. The Bertz CT molecular complexity index is 1660. The first kappa shape index (κ1) is 32.1. The van der Waals surface area contributed by atoms with Gasteiger partial charge in [0, 0.05) is 34.0 Å². The van der Waals surface area contributed by atoms with Crippen molar-refractivity contribution in [2.45, 2.75) is 46.2 Å². The summed E-state index contributed by atoms with van der Waals surface area (Å²) in [5.41, 5.74) is 0.496. The van der Waals surface area contributed by atoms with Crippen molar-refractivity contribution in [3.63, 3.8) is 0 Å². The third-order valence-electron chi connectivity index (χ3n) is 7.84. The van der Waals surface area contributed by atoms with Gasteiger partial charge in [0.2, 0.25) is 0 Å². The van der Waals surface area contributed by atoms with Crippen LogP contribution in [0.3, 0.4) is 0 Å². The summed E-state index contributed by atoms with van der Waals surface area (Å²) >= 11 is 3.46. The Morgan fingerprint density at radius 3 is 2.37 bits per heavy atom. The second-order valence-corrected chi connectivity index (χ2v) is 12.2. The summed E-state index contributed by atoms with van der Waals surface area (Å²) < 4.78 is 56.7. The van der Waals surface area contributed by atoms with Gasteiger partial charge in [0.15, 0.2) is 0 Å². The Hall–Kier alpha value is -3.79. The summed E-state index contributed by atoms with van der Waals surface area (Å²) in [4.78, 5) is 30.1. The Kier molecular flexibility index (Phi) is 9.59. The van der Waals surface area contributed by atoms with Crippen LogP contribution in [0.1, 0.15) is 53.7 Å². The van der Waals surface area contributed by atoms with Crippen molar-refractivity contribution < 1.29 is 32.3 Å². The standard InChI is InChI=1S/C33H31BrF4N2O3/c1-19-29(23-16-22(34)13-14-27(23)40-30(19)20-8-5-4-6-9-20)31(43)39-18-21(12-15-28(41)42)32(2,3)17-24-25(33(36,37)38)10-7-11-26(24)35/h4-11,13-14,16,21H,12,15,17-18H2,1-3H3,(H,39,43)(H,41,42). The van der Waals surface area contributed by atoms with Gasteiger partial charge in [0.05, 0.1) is 22.3 Å². The molecular weight excluding hydrogens is 628 g/mol. The van der Waals surface area contributed by atoms with Gasteiger partial charge in [-0.3, -0.25) is 9.59 Å². The van der Waals surface area contributed by atoms with Crippen LogP contribution in [-0.4, -0.2) is 28.5 Å². The molecule has 0 fully saturated rings. The number of carboxylic acids is 1. The number of aromatic nitrogens is 1. The largest absolute Gasteiger partial charge is 0.481 e. The number of pyridine rings is 1. The summed E-state index contributed by atoms with van der Waals surface area (Å²) in [6.45, 7) is 5.09. The summed E-state index contributed by atoms with van der Waals surface area (Å²) in [5, 5.41) is 12.9. The second kappa shape index (κ2) is 12.8. The monoisotopic (exact) mass is 658 g/mol. The van der Waals surface area contributed by atoms with Gasteiger partial charge in [-0.2, -0.15) is 13.2 Å². The second-order valence-electron chi connectivity index (χ2n) is 11.3. The molecule has 0 aliphatic heterocycles. The number of rotatable bonds is 10. The van der Waals surface area contributed by atoms with E-state index in [4.69, 9.17) is 4.98 Å². The van der Waals surface area contributed by atoms with Crippen molar-refractivity contribution in [1.82, 2.24) is 10.3 Å². The Morgan fingerprint density at radius 2 is 1.72 bits per heavy atom. The summed E-state index contributed by atoms with van der Waals surface area (Å²) in [7, 11) is 0. The van der Waals surface area contributed by atoms with Gasteiger partial charge >= 0.3 is 12.1 Å². The number of nitrogens with one attached hydrogen (secondary N) is 1. The van der Waals surface area contributed by atoms with Gasteiger partial charge in [0.25, 0.3) is 5.91 Å². The molecule has 0 aliphatic carbocycles. The zero-order valence-electron chi connectivity index (χ0n) is 23.9. The molecule has 10 heteroatoms. The number of halogens is 5. The lowest BCUT2D eigenvalue weighted by molar-refractivity contribution is -0.138. The Balaban J connectivity index is 1.70. The molecule has 1 aromatic heterocycles. The molecule has 43 heavy (non-hydrogen) atoms. The molecule has 2 N–H and O–H groups in total. The number of amides is 1. The third-order valence-corrected chi connectivity index (χ3v) is 8.34. The molecule has 3 aromatic carbocycles. The van der Waals surface area contributed by atoms with E-state index in [0.717, 1.165) is 28.2 Å². The number of fused-ring (bicyclic) bond motifs is 1. The van der Waals surface area contributed by atoms with E-state index < -0.39 is 46.3 Å². The van der Waals surface area contributed by atoms with E-state index in [-0.39, 0.29) is 25.8 Å². The number of nitrogens with zero attached hydrogens (tertiary/aromatic N) is 1. The zero-order chi connectivity index (χ0) is 31.5. The molecule has 1 atom stereocenters. The number of aliphatic carboxylic acids is 1. The minimum absolute atomic E-state index is 0.0349. The van der Waals surface area contributed by atoms with Gasteiger partial charge in [-0.25, -0.2) is 9.37 Å². The van der Waals surface area contributed by atoms with E-state index in [2.05, 4.69) is 21.2 Å². The summed E-state index contributed by atoms with van der Waals surface area (Å²) in [5.74, 6) is -3.09. The van der Waals surface area contributed by atoms with Crippen LogP contribution in [0.4, 0.5) is 17.6 Å². The minimum atomic E-state index is -4.76. The first-order valence-electron chi connectivity index (χ1n) is 13.7. The number of benzene rings is 3. The van der Waals surface area contributed by atoms with Crippen molar-refractivity contribution in [1.29, 1.82) is 0 Å². The van der Waals surface area contributed by atoms with E-state index in [1.807, 2.05) is 36.4 Å². The van der Waals surface area contributed by atoms with Crippen LogP contribution < -0.4 is 5.32 Å². The number of carboxylic acid groups (broad SMARTS) is 1.